The minimum absolute atomic E-state index is 0.142. The van der Waals surface area contributed by atoms with Gasteiger partial charge >= 0.3 is 215 Å². The summed E-state index contributed by atoms with van der Waals surface area (Å²) >= 11 is -0.142. The fourth-order valence-electron chi connectivity index (χ4n) is 4.50. The summed E-state index contributed by atoms with van der Waals surface area (Å²) in [6, 6.07) is 33.0. The summed E-state index contributed by atoms with van der Waals surface area (Å²) in [5, 5.41) is 1.90. The molecule has 36 heavy (non-hydrogen) atoms. The molecule has 170 valence electrons. The van der Waals surface area contributed by atoms with Gasteiger partial charge in [-0.2, -0.15) is 0 Å². The minimum atomic E-state index is -0.212. The summed E-state index contributed by atoms with van der Waals surface area (Å²) in [6.45, 7) is 7.41. The van der Waals surface area contributed by atoms with Gasteiger partial charge in [-0.25, -0.2) is 0 Å². The molecule has 4 nitrogen and oxygen atoms in total. The molecule has 0 radical (unpaired) electrons. The second kappa shape index (κ2) is 8.94. The van der Waals surface area contributed by atoms with Crippen LogP contribution in [0, 0.1) is 6.57 Å². The van der Waals surface area contributed by atoms with Gasteiger partial charge in [0.1, 0.15) is 0 Å². The van der Waals surface area contributed by atoms with Gasteiger partial charge in [0.25, 0.3) is 0 Å². The number of benzene rings is 4. The molecule has 1 aromatic heterocycles. The number of hydrogen-bond acceptors (Lipinski definition) is 3. The number of para-hydroxylation sites is 1. The van der Waals surface area contributed by atoms with Crippen molar-refractivity contribution in [1.29, 1.82) is 0 Å². The van der Waals surface area contributed by atoms with Gasteiger partial charge in [0.2, 0.25) is 0 Å². The molecule has 5 heteroatoms. The van der Waals surface area contributed by atoms with Crippen molar-refractivity contribution in [2.45, 2.75) is 0 Å². The number of carbonyl (C=O) groups excluding carboxylic acids is 2. The first-order valence-corrected chi connectivity index (χ1v) is 13.1. The van der Waals surface area contributed by atoms with Crippen molar-refractivity contribution in [3.63, 3.8) is 0 Å². The zero-order valence-electron chi connectivity index (χ0n) is 19.0. The third-order valence-corrected chi connectivity index (χ3v) is 8.35. The SMILES string of the molecule is [C-]#[N+]c1cccc(N(c2ccccc2)c2ccc(C=C3C(=O)c4cc5ccccc5cc4C3=O)[se]2)c1. The van der Waals surface area contributed by atoms with Crippen molar-refractivity contribution in [3.05, 3.63) is 136 Å². The number of fused-ring (bicyclic) bond motifs is 2. The molecule has 0 N–H and O–H groups in total. The molecule has 0 aliphatic heterocycles. The zero-order chi connectivity index (χ0) is 24.6. The van der Waals surface area contributed by atoms with E-state index >= 15 is 0 Å². The van der Waals surface area contributed by atoms with Crippen molar-refractivity contribution in [1.82, 2.24) is 0 Å². The molecule has 4 aromatic carbocycles. The van der Waals surface area contributed by atoms with Crippen LogP contribution in [0.5, 0.6) is 0 Å². The Bertz CT molecular complexity index is 1690. The van der Waals surface area contributed by atoms with Crippen LogP contribution in [0.1, 0.15) is 25.2 Å². The summed E-state index contributed by atoms with van der Waals surface area (Å²) in [6.07, 6.45) is 1.76. The van der Waals surface area contributed by atoms with E-state index in [2.05, 4.69) is 9.74 Å². The Morgan fingerprint density at radius 3 is 2.00 bits per heavy atom. The van der Waals surface area contributed by atoms with Crippen molar-refractivity contribution < 1.29 is 9.59 Å². The summed E-state index contributed by atoms with van der Waals surface area (Å²) < 4.78 is 2.01. The maximum atomic E-state index is 13.2. The fraction of sp³-hybridized carbons (Fsp3) is 0. The number of carbonyl (C=O) groups is 2. The molecule has 0 fully saturated rings. The Labute approximate surface area is 214 Å². The van der Waals surface area contributed by atoms with Crippen LogP contribution in [0.2, 0.25) is 0 Å². The quantitative estimate of drug-likeness (QED) is 0.106. The molecule has 0 saturated heterocycles. The fourth-order valence-corrected chi connectivity index (χ4v) is 6.59. The van der Waals surface area contributed by atoms with E-state index < -0.39 is 0 Å². The molecule has 5 aromatic rings. The van der Waals surface area contributed by atoms with Crippen LogP contribution in [0.3, 0.4) is 0 Å². The molecule has 6 rings (SSSR count). The Morgan fingerprint density at radius 1 is 0.694 bits per heavy atom. The average Bonchev–Trinajstić information content (AvgIpc) is 3.47. The van der Waals surface area contributed by atoms with Gasteiger partial charge in [-0.15, -0.1) is 0 Å². The van der Waals surface area contributed by atoms with Gasteiger partial charge < -0.3 is 0 Å². The van der Waals surface area contributed by atoms with Crippen LogP contribution >= 0.6 is 0 Å². The van der Waals surface area contributed by atoms with E-state index in [1.54, 1.807) is 12.1 Å². The van der Waals surface area contributed by atoms with Gasteiger partial charge in [0.05, 0.1) is 0 Å². The second-order valence-corrected chi connectivity index (χ2v) is 10.7. The predicted octanol–water partition coefficient (Wildman–Crippen LogP) is 7.38. The third kappa shape index (κ3) is 3.79. The van der Waals surface area contributed by atoms with Crippen molar-refractivity contribution >= 4 is 64.5 Å². The summed E-state index contributed by atoms with van der Waals surface area (Å²) in [4.78, 5) is 32.1. The molecule has 1 aliphatic carbocycles. The Morgan fingerprint density at radius 2 is 1.33 bits per heavy atom. The van der Waals surface area contributed by atoms with E-state index in [0.717, 1.165) is 31.1 Å². The zero-order valence-corrected chi connectivity index (χ0v) is 20.7. The number of ketones is 2. The number of nitrogens with zero attached hydrogens (tertiary/aromatic N) is 2. The Balaban J connectivity index is 1.40. The molecule has 1 aliphatic rings. The number of hydrogen-bond donors (Lipinski definition) is 0. The molecule has 0 atom stereocenters. The second-order valence-electron chi connectivity index (χ2n) is 8.44. The number of anilines is 3. The van der Waals surface area contributed by atoms with Gasteiger partial charge in [0, 0.05) is 0 Å². The first-order valence-electron chi connectivity index (χ1n) is 11.4. The normalized spacial score (nSPS) is 12.5. The molecule has 1 heterocycles. The standard InChI is InChI=1S/C31H18N2O2Se/c1-32-22-10-7-13-24(18-22)33(23-11-3-2-4-12-23)29-15-14-25(36-29)19-28-30(34)26-16-20-8-5-6-9-21(20)17-27(26)31(28)35/h2-19H. The van der Waals surface area contributed by atoms with Crippen LogP contribution in [-0.2, 0) is 0 Å². The maximum absolute atomic E-state index is 13.2. The van der Waals surface area contributed by atoms with Crippen molar-refractivity contribution in [2.24, 2.45) is 0 Å². The van der Waals surface area contributed by atoms with Crippen LogP contribution in [0.4, 0.5) is 21.6 Å². The van der Waals surface area contributed by atoms with Crippen LogP contribution in [-0.4, -0.2) is 26.1 Å². The van der Waals surface area contributed by atoms with Crippen LogP contribution in [0.25, 0.3) is 21.7 Å². The Hall–Kier alpha value is -4.49. The van der Waals surface area contributed by atoms with E-state index in [0.29, 0.717) is 16.8 Å². The number of Topliss-reactive ketones (excluding diaryl/α,β-unsaturated/α-hetero) is 2. The summed E-state index contributed by atoms with van der Waals surface area (Å²) in [7, 11) is 0. The number of allylic oxidation sites excluding steroid dienone is 1. The molecule has 0 amide bonds. The monoisotopic (exact) mass is 530 g/mol. The molecular formula is C31H18N2O2Se. The van der Waals surface area contributed by atoms with E-state index in [9.17, 15) is 9.59 Å². The van der Waals surface area contributed by atoms with Crippen LogP contribution in [0.15, 0.2) is 109 Å². The average molecular weight is 529 g/mol. The molecule has 0 unspecified atom stereocenters. The first kappa shape index (κ1) is 22.0. The van der Waals surface area contributed by atoms with Gasteiger partial charge in [-0.3, -0.25) is 0 Å². The number of rotatable bonds is 4. The van der Waals surface area contributed by atoms with Crippen molar-refractivity contribution in [2.75, 3.05) is 4.90 Å². The summed E-state index contributed by atoms with van der Waals surface area (Å²) in [5.74, 6) is -0.425. The first-order chi connectivity index (χ1) is 17.6. The van der Waals surface area contributed by atoms with E-state index in [-0.39, 0.29) is 31.6 Å². The van der Waals surface area contributed by atoms with E-state index in [1.807, 2.05) is 97.1 Å². The molecule has 0 bridgehead atoms. The van der Waals surface area contributed by atoms with Gasteiger partial charge in [-0.05, 0) is 0 Å². The molecule has 0 saturated carbocycles. The van der Waals surface area contributed by atoms with Crippen LogP contribution < -0.4 is 4.90 Å². The Kier molecular flexibility index (Phi) is 5.47. The van der Waals surface area contributed by atoms with Crippen molar-refractivity contribution in [3.8, 4) is 0 Å². The van der Waals surface area contributed by atoms with Gasteiger partial charge in [0.15, 0.2) is 0 Å². The van der Waals surface area contributed by atoms with E-state index in [1.165, 1.54) is 0 Å². The third-order valence-electron chi connectivity index (χ3n) is 6.22. The van der Waals surface area contributed by atoms with Gasteiger partial charge in [-0.1, -0.05) is 0 Å². The molecular weight excluding hydrogens is 511 g/mol. The summed E-state index contributed by atoms with van der Waals surface area (Å²) in [5.41, 5.74) is 3.64. The van der Waals surface area contributed by atoms with E-state index in [4.69, 9.17) is 6.57 Å². The molecule has 0 spiro atoms. The topological polar surface area (TPSA) is 41.7 Å². The predicted molar refractivity (Wildman–Crippen MR) is 145 cm³/mol.